The summed E-state index contributed by atoms with van der Waals surface area (Å²) in [5.41, 5.74) is 9.81. The molecule has 34 heavy (non-hydrogen) atoms. The first-order chi connectivity index (χ1) is 13.7. The van der Waals surface area contributed by atoms with E-state index in [2.05, 4.69) is 0 Å². The minimum absolute atomic E-state index is 0. The predicted molar refractivity (Wildman–Crippen MR) is 86.9 cm³/mol. The van der Waals surface area contributed by atoms with Gasteiger partial charge in [0.05, 0.1) is 23.9 Å². The molecule has 0 bridgehead atoms. The number of amides is 1. The van der Waals surface area contributed by atoms with Crippen molar-refractivity contribution in [3.63, 3.8) is 0 Å². The summed E-state index contributed by atoms with van der Waals surface area (Å²) < 4.78 is 0. The quantitative estimate of drug-likeness (QED) is 0.167. The third-order valence-electron chi connectivity index (χ3n) is 3.16. The Morgan fingerprint density at radius 1 is 0.676 bits per heavy atom. The Balaban J connectivity index is -0.000000121. The predicted octanol–water partition coefficient (Wildman–Crippen LogP) is -20.7. The van der Waals surface area contributed by atoms with Crippen LogP contribution < -0.4 is 150 Å². The van der Waals surface area contributed by atoms with Crippen molar-refractivity contribution in [2.45, 2.75) is 18.9 Å². The van der Waals surface area contributed by atoms with E-state index in [1.54, 1.807) is 0 Å². The van der Waals surface area contributed by atoms with Crippen molar-refractivity contribution in [2.24, 2.45) is 11.5 Å². The van der Waals surface area contributed by atoms with Gasteiger partial charge in [-0.15, -0.1) is 0 Å². The molecule has 1 atom stereocenters. The summed E-state index contributed by atoms with van der Waals surface area (Å²) in [7, 11) is 0. The third-order valence-corrected chi connectivity index (χ3v) is 3.16. The Morgan fingerprint density at radius 2 is 0.941 bits per heavy atom. The molecule has 19 heteroatoms. The first kappa shape index (κ1) is 47.8. The summed E-state index contributed by atoms with van der Waals surface area (Å²) in [6.07, 6.45) is 0.123. The van der Waals surface area contributed by atoms with Crippen LogP contribution in [0.1, 0.15) is 12.8 Å². The number of hydrogen-bond acceptors (Lipinski definition) is 13. The molecule has 0 aliphatic heterocycles. The van der Waals surface area contributed by atoms with Crippen LogP contribution in [0.5, 0.6) is 0 Å². The standard InChI is InChI=1S/C10H16N2O8.C5H10N2O3.4Na/c13-7(14)3-11(4-8(15)16)1-2-12(5-9(17)18)6-10(19)20;6-3(5(9)10)1-2-4(7)8;;;;/h1-6H2,(H,13,14)(H,15,16)(H,17,18)(H,19,20);3H,1-2,6H2,(H2,7,8)(H,9,10);;;;/q;;4*+1/p-4. The van der Waals surface area contributed by atoms with Crippen molar-refractivity contribution in [3.05, 3.63) is 0 Å². The number of nitrogens with two attached hydrogens (primary N) is 2. The molecule has 172 valence electrons. The van der Waals surface area contributed by atoms with Gasteiger partial charge in [0.2, 0.25) is 5.91 Å². The maximum Gasteiger partial charge on any atom is 1.00 e. The molecule has 0 aromatic carbocycles. The maximum atomic E-state index is 10.4. The summed E-state index contributed by atoms with van der Waals surface area (Å²) >= 11 is 0. The molecule has 0 rings (SSSR count). The molecule has 0 aliphatic rings. The molecule has 0 saturated carbocycles. The molecular formula is C15H22N4Na4O11. The normalized spacial score (nSPS) is 9.97. The van der Waals surface area contributed by atoms with Crippen LogP contribution in [0.4, 0.5) is 0 Å². The smallest absolute Gasteiger partial charge is 0.549 e. The second-order valence-electron chi connectivity index (χ2n) is 5.86. The fourth-order valence-corrected chi connectivity index (χ4v) is 1.86. The van der Waals surface area contributed by atoms with Gasteiger partial charge in [-0.25, -0.2) is 0 Å². The van der Waals surface area contributed by atoms with Crippen LogP contribution in [0.15, 0.2) is 0 Å². The fourth-order valence-electron chi connectivity index (χ4n) is 1.86. The number of hydrogen-bond donors (Lipinski definition) is 3. The Kier molecular flexibility index (Phi) is 39.8. The first-order valence-electron chi connectivity index (χ1n) is 8.25. The molecule has 0 spiro atoms. The second kappa shape index (κ2) is 28.3. The number of aliphatic carboxylic acids is 5. The van der Waals surface area contributed by atoms with Crippen LogP contribution in [0.2, 0.25) is 0 Å². The Morgan fingerprint density at radius 3 is 1.12 bits per heavy atom. The molecule has 5 N–H and O–H groups in total. The van der Waals surface area contributed by atoms with Gasteiger partial charge in [-0.05, 0) is 6.42 Å². The minimum Gasteiger partial charge on any atom is -0.549 e. The fraction of sp³-hybridized carbons (Fsp3) is 0.600. The summed E-state index contributed by atoms with van der Waals surface area (Å²) in [6, 6.07) is -0.979. The molecule has 1 amide bonds. The number of rotatable bonds is 15. The molecule has 15 nitrogen and oxygen atoms in total. The van der Waals surface area contributed by atoms with E-state index in [0.29, 0.717) is 0 Å². The Bertz CT molecular complexity index is 575. The van der Waals surface area contributed by atoms with Gasteiger partial charge in [-0.1, -0.05) is 0 Å². The molecule has 0 fully saturated rings. The minimum atomic E-state index is -1.53. The van der Waals surface area contributed by atoms with Gasteiger partial charge in [0.1, 0.15) is 6.04 Å². The number of carbonyl (C=O) groups excluding carboxylic acids is 5. The molecular weight excluding hydrogens is 504 g/mol. The summed E-state index contributed by atoms with van der Waals surface area (Å²) in [5, 5.41) is 49.8. The van der Waals surface area contributed by atoms with E-state index in [4.69, 9.17) is 16.6 Å². The van der Waals surface area contributed by atoms with Crippen LogP contribution in [-0.2, 0) is 28.8 Å². The van der Waals surface area contributed by atoms with Gasteiger partial charge >= 0.3 is 124 Å². The zero-order chi connectivity index (χ0) is 23.9. The number of primary amides is 1. The molecule has 0 radical (unpaired) electrons. The Labute approximate surface area is 284 Å². The van der Waals surface area contributed by atoms with Crippen LogP contribution in [0.3, 0.4) is 0 Å². The topological polar surface area (TPSA) is 273 Å². The Hall–Kier alpha value is 0.700. The average molecular weight is 526 g/mol. The van der Waals surface area contributed by atoms with E-state index < -0.39 is 68.0 Å². The maximum absolute atomic E-state index is 10.4. The number of nitrogens with zero attached hydrogens (tertiary/aromatic N) is 2. The SMILES string of the molecule is NC(=O)CCC(N)C(=O)O.O=C([O-])CN(CCN(CC(=O)[O-])CC(=O)[O-])CC(=O)[O-].[Na+].[Na+].[Na+].[Na+]. The third kappa shape index (κ3) is 34.9. The largest absolute Gasteiger partial charge is 1.00 e. The molecule has 0 aliphatic carbocycles. The van der Waals surface area contributed by atoms with Crippen molar-refractivity contribution < 1.29 is 173 Å². The molecule has 0 saturated heterocycles. The second-order valence-corrected chi connectivity index (χ2v) is 5.86. The van der Waals surface area contributed by atoms with E-state index in [1.165, 1.54) is 0 Å². The number of carboxylic acids is 5. The van der Waals surface area contributed by atoms with Crippen molar-refractivity contribution in [1.29, 1.82) is 0 Å². The van der Waals surface area contributed by atoms with Gasteiger partial charge in [-0.2, -0.15) is 0 Å². The van der Waals surface area contributed by atoms with Gasteiger partial charge in [0.25, 0.3) is 0 Å². The average Bonchev–Trinajstić information content (AvgIpc) is 2.55. The molecule has 0 aromatic heterocycles. The van der Waals surface area contributed by atoms with Crippen LogP contribution in [0, 0.1) is 0 Å². The summed E-state index contributed by atoms with van der Waals surface area (Å²) in [6.45, 7) is -3.25. The number of carboxylic acid groups (broad SMARTS) is 5. The van der Waals surface area contributed by atoms with Gasteiger partial charge < -0.3 is 56.2 Å². The van der Waals surface area contributed by atoms with Crippen molar-refractivity contribution >= 4 is 35.8 Å². The van der Waals surface area contributed by atoms with Gasteiger partial charge in [-0.3, -0.25) is 19.4 Å². The van der Waals surface area contributed by atoms with E-state index in [9.17, 15) is 49.2 Å². The molecule has 0 aromatic rings. The number of carbonyl (C=O) groups is 6. The zero-order valence-electron chi connectivity index (χ0n) is 19.8. The van der Waals surface area contributed by atoms with E-state index in [1.807, 2.05) is 0 Å². The summed E-state index contributed by atoms with van der Waals surface area (Å²) in [4.78, 5) is 63.6. The van der Waals surface area contributed by atoms with Crippen molar-refractivity contribution in [3.8, 4) is 0 Å². The molecule has 1 unspecified atom stereocenters. The summed E-state index contributed by atoms with van der Waals surface area (Å²) in [5.74, 6) is -7.76. The van der Waals surface area contributed by atoms with Crippen LogP contribution >= 0.6 is 0 Å². The molecule has 0 heterocycles. The first-order valence-corrected chi connectivity index (χ1v) is 8.25. The van der Waals surface area contributed by atoms with Crippen LogP contribution in [-0.4, -0.2) is 96.0 Å². The van der Waals surface area contributed by atoms with Gasteiger partial charge in [0, 0.05) is 45.7 Å². The monoisotopic (exact) mass is 526 g/mol. The van der Waals surface area contributed by atoms with E-state index in [-0.39, 0.29) is 144 Å². The van der Waals surface area contributed by atoms with Gasteiger partial charge in [0.15, 0.2) is 0 Å². The van der Waals surface area contributed by atoms with E-state index in [0.717, 1.165) is 9.80 Å². The zero-order valence-corrected chi connectivity index (χ0v) is 27.8. The van der Waals surface area contributed by atoms with Crippen LogP contribution in [0.25, 0.3) is 0 Å². The van der Waals surface area contributed by atoms with Crippen molar-refractivity contribution in [1.82, 2.24) is 9.80 Å². The van der Waals surface area contributed by atoms with E-state index >= 15 is 0 Å². The van der Waals surface area contributed by atoms with Crippen molar-refractivity contribution in [2.75, 3.05) is 39.3 Å².